The maximum Gasteiger partial charge on any atom is 0.397 e. The number of hydrogen-bond acceptors (Lipinski definition) is 3. The van der Waals surface area contributed by atoms with Crippen molar-refractivity contribution in [2.75, 3.05) is 5.32 Å². The van der Waals surface area contributed by atoms with E-state index in [9.17, 15) is 26.4 Å². The summed E-state index contributed by atoms with van der Waals surface area (Å²) in [6, 6.07) is 2.43. The highest BCUT2D eigenvalue weighted by atomic mass is 35.7. The van der Waals surface area contributed by atoms with Crippen molar-refractivity contribution < 1.29 is 26.4 Å². The molecule has 1 aromatic carbocycles. The molecule has 0 saturated heterocycles. The Hall–Kier alpha value is -1.28. The van der Waals surface area contributed by atoms with E-state index in [1.165, 1.54) is 19.1 Å². The molecule has 9 heteroatoms. The van der Waals surface area contributed by atoms with Gasteiger partial charge in [0.25, 0.3) is 9.05 Å². The number of benzene rings is 1. The van der Waals surface area contributed by atoms with Crippen LogP contribution in [0.4, 0.5) is 18.9 Å². The zero-order valence-electron chi connectivity index (χ0n) is 11.2. The molecular formula is C12H13ClF3NO3S. The van der Waals surface area contributed by atoms with E-state index in [1.807, 2.05) is 0 Å². The van der Waals surface area contributed by atoms with Gasteiger partial charge in [-0.2, -0.15) is 13.2 Å². The maximum absolute atomic E-state index is 12.2. The topological polar surface area (TPSA) is 63.2 Å². The molecule has 0 aliphatic rings. The number of alkyl halides is 3. The minimum absolute atomic E-state index is 0.160. The molecule has 0 heterocycles. The Balaban J connectivity index is 3.17. The first-order valence-corrected chi connectivity index (χ1v) is 8.19. The SMILES string of the molecule is CCc1cc(S(=O)(=O)Cl)cc(C)c1NC(=O)CC(F)(F)F. The molecule has 21 heavy (non-hydrogen) atoms. The van der Waals surface area contributed by atoms with Crippen LogP contribution in [0.3, 0.4) is 0 Å². The van der Waals surface area contributed by atoms with E-state index in [0.29, 0.717) is 17.5 Å². The first-order chi connectivity index (χ1) is 9.44. The van der Waals surface area contributed by atoms with E-state index < -0.39 is 27.6 Å². The summed E-state index contributed by atoms with van der Waals surface area (Å²) in [5, 5.41) is 2.17. The molecule has 0 aromatic heterocycles. The Morgan fingerprint density at radius 1 is 1.33 bits per heavy atom. The molecule has 0 spiro atoms. The second kappa shape index (κ2) is 6.23. The highest BCUT2D eigenvalue weighted by Crippen LogP contribution is 2.28. The number of nitrogens with one attached hydrogen (secondary N) is 1. The van der Waals surface area contributed by atoms with Crippen molar-refractivity contribution in [3.05, 3.63) is 23.3 Å². The Morgan fingerprint density at radius 3 is 2.33 bits per heavy atom. The summed E-state index contributed by atoms with van der Waals surface area (Å²) in [4.78, 5) is 11.2. The lowest BCUT2D eigenvalue weighted by molar-refractivity contribution is -0.150. The molecule has 1 amide bonds. The summed E-state index contributed by atoms with van der Waals surface area (Å²) in [6.07, 6.45) is -5.89. The third-order valence-electron chi connectivity index (χ3n) is 2.68. The molecule has 0 unspecified atom stereocenters. The van der Waals surface area contributed by atoms with Gasteiger partial charge in [0.05, 0.1) is 4.90 Å². The third-order valence-corrected chi connectivity index (χ3v) is 4.01. The van der Waals surface area contributed by atoms with Crippen LogP contribution in [0.2, 0.25) is 0 Å². The number of hydrogen-bond donors (Lipinski definition) is 1. The van der Waals surface area contributed by atoms with E-state index in [2.05, 4.69) is 5.32 Å². The summed E-state index contributed by atoms with van der Waals surface area (Å²) < 4.78 is 59.1. The van der Waals surface area contributed by atoms with Gasteiger partial charge in [0.15, 0.2) is 0 Å². The van der Waals surface area contributed by atoms with E-state index in [-0.39, 0.29) is 10.6 Å². The smallest absolute Gasteiger partial charge is 0.325 e. The van der Waals surface area contributed by atoms with E-state index >= 15 is 0 Å². The predicted octanol–water partition coefficient (Wildman–Crippen LogP) is 3.38. The lowest BCUT2D eigenvalue weighted by atomic mass is 10.1. The van der Waals surface area contributed by atoms with Crippen LogP contribution in [-0.2, 0) is 20.3 Å². The standard InChI is InChI=1S/C12H13ClF3NO3S/c1-3-8-5-9(21(13,19)20)4-7(2)11(8)17-10(18)6-12(14,15)16/h4-5H,3,6H2,1-2H3,(H,17,18). The molecule has 118 valence electrons. The number of aryl methyl sites for hydroxylation is 2. The molecule has 0 radical (unpaired) electrons. The molecule has 1 N–H and O–H groups in total. The Kier molecular flexibility index (Phi) is 5.27. The second-order valence-electron chi connectivity index (χ2n) is 4.41. The zero-order valence-corrected chi connectivity index (χ0v) is 12.8. The van der Waals surface area contributed by atoms with Crippen LogP contribution in [0.5, 0.6) is 0 Å². The molecule has 0 bridgehead atoms. The van der Waals surface area contributed by atoms with Gasteiger partial charge in [-0.15, -0.1) is 0 Å². The lowest BCUT2D eigenvalue weighted by Gasteiger charge is -2.15. The van der Waals surface area contributed by atoms with Crippen LogP contribution in [0, 0.1) is 6.92 Å². The summed E-state index contributed by atoms with van der Waals surface area (Å²) in [5.74, 6) is -1.21. The lowest BCUT2D eigenvalue weighted by Crippen LogP contribution is -2.22. The normalized spacial score (nSPS) is 12.3. The molecule has 1 aromatic rings. The van der Waals surface area contributed by atoms with Crippen molar-refractivity contribution in [1.29, 1.82) is 0 Å². The van der Waals surface area contributed by atoms with Crippen LogP contribution in [0.25, 0.3) is 0 Å². The molecule has 0 atom stereocenters. The van der Waals surface area contributed by atoms with Gasteiger partial charge in [0, 0.05) is 16.4 Å². The molecular weight excluding hydrogens is 331 g/mol. The van der Waals surface area contributed by atoms with Crippen molar-refractivity contribution in [3.8, 4) is 0 Å². The molecule has 0 saturated carbocycles. The van der Waals surface area contributed by atoms with Crippen molar-refractivity contribution in [1.82, 2.24) is 0 Å². The number of anilines is 1. The summed E-state index contributed by atoms with van der Waals surface area (Å²) in [5.41, 5.74) is 0.893. The Bertz CT molecular complexity index is 656. The molecule has 1 rings (SSSR count). The average molecular weight is 344 g/mol. The van der Waals surface area contributed by atoms with Gasteiger partial charge in [-0.25, -0.2) is 8.42 Å². The average Bonchev–Trinajstić information content (AvgIpc) is 2.27. The first-order valence-electron chi connectivity index (χ1n) is 5.89. The Morgan fingerprint density at radius 2 is 1.90 bits per heavy atom. The van der Waals surface area contributed by atoms with Gasteiger partial charge in [-0.3, -0.25) is 4.79 Å². The predicted molar refractivity (Wildman–Crippen MR) is 72.9 cm³/mol. The zero-order chi connectivity index (χ0) is 16.4. The van der Waals surface area contributed by atoms with Gasteiger partial charge in [0.1, 0.15) is 6.42 Å². The number of carbonyl (C=O) groups is 1. The fourth-order valence-corrected chi connectivity index (χ4v) is 2.66. The van der Waals surface area contributed by atoms with Crippen molar-refractivity contribution >= 4 is 31.3 Å². The van der Waals surface area contributed by atoms with Gasteiger partial charge < -0.3 is 5.32 Å². The first kappa shape index (κ1) is 17.8. The number of halogens is 4. The second-order valence-corrected chi connectivity index (χ2v) is 6.97. The van der Waals surface area contributed by atoms with Crippen molar-refractivity contribution in [2.45, 2.75) is 37.8 Å². The van der Waals surface area contributed by atoms with Crippen molar-refractivity contribution in [3.63, 3.8) is 0 Å². The van der Waals surface area contributed by atoms with Gasteiger partial charge in [-0.05, 0) is 36.6 Å². The highest BCUT2D eigenvalue weighted by molar-refractivity contribution is 8.13. The van der Waals surface area contributed by atoms with Crippen LogP contribution in [0.1, 0.15) is 24.5 Å². The largest absolute Gasteiger partial charge is 0.397 e. The number of amides is 1. The molecule has 0 aliphatic carbocycles. The monoisotopic (exact) mass is 343 g/mol. The number of carbonyl (C=O) groups excluding carboxylic acids is 1. The van der Waals surface area contributed by atoms with E-state index in [0.717, 1.165) is 0 Å². The van der Waals surface area contributed by atoms with E-state index in [4.69, 9.17) is 10.7 Å². The van der Waals surface area contributed by atoms with Crippen LogP contribution in [0.15, 0.2) is 17.0 Å². The fraction of sp³-hybridized carbons (Fsp3) is 0.417. The quantitative estimate of drug-likeness (QED) is 0.852. The fourth-order valence-electron chi connectivity index (χ4n) is 1.79. The van der Waals surface area contributed by atoms with Crippen molar-refractivity contribution in [2.24, 2.45) is 0 Å². The maximum atomic E-state index is 12.2. The summed E-state index contributed by atoms with van der Waals surface area (Å²) in [6.45, 7) is 3.16. The summed E-state index contributed by atoms with van der Waals surface area (Å²) >= 11 is 0. The van der Waals surface area contributed by atoms with E-state index in [1.54, 1.807) is 6.92 Å². The minimum Gasteiger partial charge on any atom is -0.325 e. The van der Waals surface area contributed by atoms with Crippen LogP contribution >= 0.6 is 10.7 Å². The van der Waals surface area contributed by atoms with Gasteiger partial charge >= 0.3 is 6.18 Å². The third kappa shape index (κ3) is 5.20. The Labute approximate surface area is 124 Å². The highest BCUT2D eigenvalue weighted by Gasteiger charge is 2.31. The minimum atomic E-state index is -4.61. The molecule has 0 fully saturated rings. The van der Waals surface area contributed by atoms with Gasteiger partial charge in [-0.1, -0.05) is 6.92 Å². The molecule has 0 aliphatic heterocycles. The van der Waals surface area contributed by atoms with Gasteiger partial charge in [0.2, 0.25) is 5.91 Å². The van der Waals surface area contributed by atoms with Crippen LogP contribution in [-0.4, -0.2) is 20.5 Å². The number of rotatable bonds is 4. The van der Waals surface area contributed by atoms with Crippen LogP contribution < -0.4 is 5.32 Å². The molecule has 4 nitrogen and oxygen atoms in total. The summed E-state index contributed by atoms with van der Waals surface area (Å²) in [7, 11) is 1.29.